The maximum atomic E-state index is 14.8. The fourth-order valence-electron chi connectivity index (χ4n) is 4.42. The molecule has 1 fully saturated rings. The van der Waals surface area contributed by atoms with Gasteiger partial charge in [-0.2, -0.15) is 0 Å². The molecule has 0 aliphatic carbocycles. The van der Waals surface area contributed by atoms with E-state index in [1.165, 1.54) is 5.56 Å². The van der Waals surface area contributed by atoms with Gasteiger partial charge in [-0.25, -0.2) is 0 Å². The molecule has 1 saturated heterocycles. The lowest BCUT2D eigenvalue weighted by atomic mass is 9.70. The topological polar surface area (TPSA) is 35.5 Å². The second kappa shape index (κ2) is 9.62. The normalized spacial score (nSPS) is 18.2. The Kier molecular flexibility index (Phi) is 7.00. The van der Waals surface area contributed by atoms with E-state index in [1.807, 2.05) is 66.7 Å². The highest BCUT2D eigenvalue weighted by Gasteiger charge is 2.54. The zero-order valence-electron chi connectivity index (χ0n) is 20.1. The Hall–Kier alpha value is -2.13. The van der Waals surface area contributed by atoms with Crippen LogP contribution < -0.4 is 10.6 Å². The van der Waals surface area contributed by atoms with E-state index in [2.05, 4.69) is 52.0 Å². The summed E-state index contributed by atoms with van der Waals surface area (Å²) >= 11 is 0. The zero-order valence-corrected chi connectivity index (χ0v) is 21.0. The molecule has 33 heavy (non-hydrogen) atoms. The molecule has 172 valence electrons. The van der Waals surface area contributed by atoms with Gasteiger partial charge in [-0.05, 0) is 46.1 Å². The minimum absolute atomic E-state index is 0.0162. The highest BCUT2D eigenvalue weighted by molar-refractivity contribution is 7.78. The van der Waals surface area contributed by atoms with E-state index in [-0.39, 0.29) is 5.82 Å². The molecule has 5 heteroatoms. The molecule has 0 unspecified atom stereocenters. The van der Waals surface area contributed by atoms with Gasteiger partial charge in [0.2, 0.25) is 0 Å². The Morgan fingerprint density at radius 1 is 0.727 bits per heavy atom. The van der Waals surface area contributed by atoms with Gasteiger partial charge in [-0.15, -0.1) is 0 Å². The molecule has 0 spiro atoms. The first-order valence-electron chi connectivity index (χ1n) is 11.8. The van der Waals surface area contributed by atoms with E-state index in [4.69, 9.17) is 9.31 Å². The lowest BCUT2D eigenvalue weighted by Gasteiger charge is -2.32. The van der Waals surface area contributed by atoms with Crippen molar-refractivity contribution in [2.75, 3.05) is 6.16 Å². The number of rotatable bonds is 8. The molecular weight excluding hydrogens is 426 g/mol. The highest BCUT2D eigenvalue weighted by Crippen LogP contribution is 2.50. The lowest BCUT2D eigenvalue weighted by molar-refractivity contribution is 0.00578. The number of aryl methyl sites for hydroxylation is 1. The maximum absolute atomic E-state index is 14.8. The summed E-state index contributed by atoms with van der Waals surface area (Å²) < 4.78 is 27.8. The molecule has 3 nitrogen and oxygen atoms in total. The molecule has 0 aromatic heterocycles. The van der Waals surface area contributed by atoms with Crippen molar-refractivity contribution in [1.82, 2.24) is 0 Å². The quantitative estimate of drug-likeness (QED) is 0.301. The highest BCUT2D eigenvalue weighted by atomic mass is 31.2. The molecule has 1 aliphatic heterocycles. The van der Waals surface area contributed by atoms with E-state index in [0.717, 1.165) is 23.5 Å². The average molecular weight is 460 g/mol. The Morgan fingerprint density at radius 3 is 1.61 bits per heavy atom. The largest absolute Gasteiger partial charge is 0.461 e. The average Bonchev–Trinajstić information content (AvgIpc) is 3.05. The molecular formula is C28H34BO3P. The first kappa shape index (κ1) is 24.0. The summed E-state index contributed by atoms with van der Waals surface area (Å²) in [6.07, 6.45) is 2.23. The standard InChI is InChI=1S/C28H34BO3P/c1-27(2)28(3,4)32-29(31-27)24(21-20-23-14-8-5-9-15-23)22-33(30,25-16-10-6-11-17-25)26-18-12-7-13-19-26/h5-19,24H,20-22H2,1-4H3/t24-/m1/s1. The fraction of sp³-hybridized carbons (Fsp3) is 0.357. The first-order chi connectivity index (χ1) is 15.7. The van der Waals surface area contributed by atoms with Crippen LogP contribution in [0.5, 0.6) is 0 Å². The number of hydrogen-bond donors (Lipinski definition) is 0. The van der Waals surface area contributed by atoms with Gasteiger partial charge in [0.05, 0.1) is 11.2 Å². The summed E-state index contributed by atoms with van der Waals surface area (Å²) in [7, 11) is -3.30. The SMILES string of the molecule is CC1(C)OB([C@H](CCc2ccccc2)CP(=O)(c2ccccc2)c2ccccc2)OC1(C)C. The van der Waals surface area contributed by atoms with Crippen LogP contribution in [0.2, 0.25) is 5.82 Å². The van der Waals surface area contributed by atoms with Crippen molar-refractivity contribution in [2.24, 2.45) is 0 Å². The molecule has 3 aromatic carbocycles. The molecule has 0 radical (unpaired) electrons. The summed E-state index contributed by atoms with van der Waals surface area (Å²) in [5, 5.41) is 1.77. The monoisotopic (exact) mass is 460 g/mol. The Morgan fingerprint density at radius 2 is 1.15 bits per heavy atom. The van der Waals surface area contributed by atoms with Crippen LogP contribution in [-0.2, 0) is 20.3 Å². The van der Waals surface area contributed by atoms with Crippen LogP contribution in [0.15, 0.2) is 91.0 Å². The van der Waals surface area contributed by atoms with Crippen molar-refractivity contribution in [3.05, 3.63) is 96.6 Å². The Bertz CT molecular complexity index is 1020. The summed E-state index contributed by atoms with van der Waals surface area (Å²) in [4.78, 5) is 0. The summed E-state index contributed by atoms with van der Waals surface area (Å²) in [6, 6.07) is 30.3. The van der Waals surface area contributed by atoms with Gasteiger partial charge in [-0.3, -0.25) is 0 Å². The predicted molar refractivity (Wildman–Crippen MR) is 139 cm³/mol. The van der Waals surface area contributed by atoms with Gasteiger partial charge in [0, 0.05) is 22.6 Å². The molecule has 0 N–H and O–H groups in total. The maximum Gasteiger partial charge on any atom is 0.461 e. The van der Waals surface area contributed by atoms with Gasteiger partial charge >= 0.3 is 7.12 Å². The third kappa shape index (κ3) is 5.19. The minimum Gasteiger partial charge on any atom is -0.403 e. The van der Waals surface area contributed by atoms with E-state index < -0.39 is 25.5 Å². The van der Waals surface area contributed by atoms with Crippen molar-refractivity contribution in [2.45, 2.75) is 57.6 Å². The molecule has 4 rings (SSSR count). The smallest absolute Gasteiger partial charge is 0.403 e. The lowest BCUT2D eigenvalue weighted by Crippen LogP contribution is -2.41. The number of benzene rings is 3. The van der Waals surface area contributed by atoms with Crippen LogP contribution in [-0.4, -0.2) is 24.5 Å². The van der Waals surface area contributed by atoms with Gasteiger partial charge in [0.15, 0.2) is 0 Å². The van der Waals surface area contributed by atoms with Crippen molar-refractivity contribution in [3.63, 3.8) is 0 Å². The van der Waals surface area contributed by atoms with Crippen molar-refractivity contribution >= 4 is 24.9 Å². The van der Waals surface area contributed by atoms with Crippen LogP contribution in [0.4, 0.5) is 0 Å². The summed E-state index contributed by atoms with van der Waals surface area (Å²) in [5.41, 5.74) is 0.423. The van der Waals surface area contributed by atoms with Crippen molar-refractivity contribution in [3.8, 4) is 0 Å². The number of hydrogen-bond acceptors (Lipinski definition) is 3. The molecule has 1 aliphatic rings. The van der Waals surface area contributed by atoms with Crippen LogP contribution >= 0.6 is 7.14 Å². The van der Waals surface area contributed by atoms with Gasteiger partial charge < -0.3 is 13.9 Å². The van der Waals surface area contributed by atoms with Crippen LogP contribution in [0.3, 0.4) is 0 Å². The Balaban J connectivity index is 1.70. The fourth-order valence-corrected chi connectivity index (χ4v) is 7.46. The van der Waals surface area contributed by atoms with Gasteiger partial charge in [-0.1, -0.05) is 91.0 Å². The third-order valence-electron chi connectivity index (χ3n) is 7.14. The van der Waals surface area contributed by atoms with E-state index in [0.29, 0.717) is 6.16 Å². The molecule has 0 amide bonds. The first-order valence-corrected chi connectivity index (χ1v) is 13.7. The van der Waals surface area contributed by atoms with E-state index in [9.17, 15) is 4.57 Å². The molecule has 0 bridgehead atoms. The van der Waals surface area contributed by atoms with Crippen LogP contribution in [0.1, 0.15) is 39.7 Å². The van der Waals surface area contributed by atoms with E-state index in [1.54, 1.807) is 0 Å². The molecule has 0 saturated carbocycles. The third-order valence-corrected chi connectivity index (χ3v) is 10.4. The Labute approximate surface area is 199 Å². The second-order valence-electron chi connectivity index (χ2n) is 10.0. The van der Waals surface area contributed by atoms with E-state index >= 15 is 0 Å². The molecule has 1 heterocycles. The van der Waals surface area contributed by atoms with Gasteiger partial charge in [0.1, 0.15) is 7.14 Å². The van der Waals surface area contributed by atoms with Crippen molar-refractivity contribution in [1.29, 1.82) is 0 Å². The second-order valence-corrected chi connectivity index (χ2v) is 12.9. The van der Waals surface area contributed by atoms with Crippen LogP contribution in [0, 0.1) is 0 Å². The predicted octanol–water partition coefficient (Wildman–Crippen LogP) is 6.10. The van der Waals surface area contributed by atoms with Crippen LogP contribution in [0.25, 0.3) is 0 Å². The minimum atomic E-state index is -2.90. The van der Waals surface area contributed by atoms with Gasteiger partial charge in [0.25, 0.3) is 0 Å². The summed E-state index contributed by atoms with van der Waals surface area (Å²) in [6.45, 7) is 8.31. The zero-order chi connectivity index (χ0) is 23.5. The summed E-state index contributed by atoms with van der Waals surface area (Å²) in [5.74, 6) is -0.0162. The van der Waals surface area contributed by atoms with Crippen molar-refractivity contribution < 1.29 is 13.9 Å². The molecule has 1 atom stereocenters. The molecule has 3 aromatic rings.